The number of nitriles is 1. The molecule has 102 valence electrons. The Morgan fingerprint density at radius 1 is 1.53 bits per heavy atom. The maximum Gasteiger partial charge on any atom is 0.168 e. The topological polar surface area (TPSA) is 48.3 Å². The number of ether oxygens (including phenoxy) is 1. The van der Waals surface area contributed by atoms with Gasteiger partial charge < -0.3 is 15.0 Å². The number of hydrogen-bond acceptors (Lipinski definition) is 3. The molecule has 1 aromatic carbocycles. The van der Waals surface area contributed by atoms with Crippen LogP contribution in [0.15, 0.2) is 24.3 Å². The van der Waals surface area contributed by atoms with Crippen LogP contribution in [0, 0.1) is 11.3 Å². The Morgan fingerprint density at radius 3 is 3.00 bits per heavy atom. The van der Waals surface area contributed by atoms with Crippen LogP contribution >= 0.6 is 12.2 Å². The summed E-state index contributed by atoms with van der Waals surface area (Å²) in [6.07, 6.45) is 0.925. The van der Waals surface area contributed by atoms with E-state index in [0.29, 0.717) is 17.2 Å². The van der Waals surface area contributed by atoms with Gasteiger partial charge in [0.1, 0.15) is 0 Å². The molecule has 0 aromatic heterocycles. The normalized spacial score (nSPS) is 9.74. The van der Waals surface area contributed by atoms with Crippen molar-refractivity contribution in [1.29, 1.82) is 5.26 Å². The second-order valence-electron chi connectivity index (χ2n) is 4.25. The van der Waals surface area contributed by atoms with Crippen molar-refractivity contribution < 1.29 is 4.74 Å². The predicted octanol–water partition coefficient (Wildman–Crippen LogP) is 1.90. The Kier molecular flexibility index (Phi) is 6.86. The monoisotopic (exact) mass is 277 g/mol. The van der Waals surface area contributed by atoms with Gasteiger partial charge in [0.15, 0.2) is 5.11 Å². The molecule has 1 N–H and O–H groups in total. The summed E-state index contributed by atoms with van der Waals surface area (Å²) < 4.78 is 4.98. The Labute approximate surface area is 120 Å². The van der Waals surface area contributed by atoms with E-state index in [-0.39, 0.29) is 0 Å². The van der Waals surface area contributed by atoms with Crippen LogP contribution in [-0.2, 0) is 11.3 Å². The van der Waals surface area contributed by atoms with Gasteiger partial charge in [0.25, 0.3) is 0 Å². The highest BCUT2D eigenvalue weighted by Gasteiger charge is 2.05. The molecule has 0 saturated heterocycles. The van der Waals surface area contributed by atoms with Gasteiger partial charge in [-0.25, -0.2) is 0 Å². The highest BCUT2D eigenvalue weighted by Crippen LogP contribution is 2.06. The van der Waals surface area contributed by atoms with Crippen molar-refractivity contribution in [3.8, 4) is 6.07 Å². The molecular weight excluding hydrogens is 258 g/mol. The molecule has 0 saturated carbocycles. The average Bonchev–Trinajstić information content (AvgIpc) is 2.43. The van der Waals surface area contributed by atoms with Crippen LogP contribution < -0.4 is 5.32 Å². The van der Waals surface area contributed by atoms with Crippen LogP contribution in [0.2, 0.25) is 0 Å². The van der Waals surface area contributed by atoms with Crippen molar-refractivity contribution in [2.75, 3.05) is 27.3 Å². The molecule has 0 unspecified atom stereocenters. The second-order valence-corrected chi connectivity index (χ2v) is 4.63. The third-order valence-corrected chi connectivity index (χ3v) is 3.08. The van der Waals surface area contributed by atoms with Crippen LogP contribution in [-0.4, -0.2) is 37.3 Å². The average molecular weight is 277 g/mol. The van der Waals surface area contributed by atoms with Gasteiger partial charge in [0.2, 0.25) is 0 Å². The molecule has 19 heavy (non-hydrogen) atoms. The molecule has 0 aliphatic carbocycles. The van der Waals surface area contributed by atoms with Crippen molar-refractivity contribution >= 4 is 17.3 Å². The highest BCUT2D eigenvalue weighted by atomic mass is 32.1. The maximum absolute atomic E-state index is 8.86. The smallest absolute Gasteiger partial charge is 0.168 e. The molecule has 1 rings (SSSR count). The third kappa shape index (κ3) is 5.69. The van der Waals surface area contributed by atoms with Crippen LogP contribution in [0.1, 0.15) is 17.5 Å². The van der Waals surface area contributed by atoms with Crippen molar-refractivity contribution in [2.45, 2.75) is 13.0 Å². The number of thiocarbonyl (C=S) groups is 1. The van der Waals surface area contributed by atoms with Gasteiger partial charge in [-0.05, 0) is 36.3 Å². The van der Waals surface area contributed by atoms with Crippen molar-refractivity contribution in [3.05, 3.63) is 35.4 Å². The first-order valence-corrected chi connectivity index (χ1v) is 6.55. The summed E-state index contributed by atoms with van der Waals surface area (Å²) >= 11 is 5.30. The van der Waals surface area contributed by atoms with Crippen LogP contribution in [0.5, 0.6) is 0 Å². The zero-order valence-electron chi connectivity index (χ0n) is 11.3. The van der Waals surface area contributed by atoms with Gasteiger partial charge in [-0.2, -0.15) is 5.26 Å². The number of nitrogens with zero attached hydrogens (tertiary/aromatic N) is 2. The number of benzene rings is 1. The lowest BCUT2D eigenvalue weighted by Crippen LogP contribution is -2.37. The summed E-state index contributed by atoms with van der Waals surface area (Å²) in [6, 6.07) is 9.69. The van der Waals surface area contributed by atoms with Gasteiger partial charge in [-0.15, -0.1) is 0 Å². The van der Waals surface area contributed by atoms with E-state index in [1.807, 2.05) is 30.1 Å². The van der Waals surface area contributed by atoms with Gasteiger partial charge in [-0.3, -0.25) is 0 Å². The predicted molar refractivity (Wildman–Crippen MR) is 79.7 cm³/mol. The van der Waals surface area contributed by atoms with Crippen molar-refractivity contribution in [1.82, 2.24) is 10.2 Å². The van der Waals surface area contributed by atoms with Crippen molar-refractivity contribution in [3.63, 3.8) is 0 Å². The Hall–Kier alpha value is -1.64. The van der Waals surface area contributed by atoms with E-state index < -0.39 is 0 Å². The molecule has 0 atom stereocenters. The van der Waals surface area contributed by atoms with Gasteiger partial charge >= 0.3 is 0 Å². The largest absolute Gasteiger partial charge is 0.385 e. The van der Waals surface area contributed by atoms with E-state index in [2.05, 4.69) is 11.4 Å². The summed E-state index contributed by atoms with van der Waals surface area (Å²) in [5.74, 6) is 0. The van der Waals surface area contributed by atoms with Crippen LogP contribution in [0.4, 0.5) is 0 Å². The molecule has 0 radical (unpaired) electrons. The SMILES string of the molecule is COCCCNC(=S)N(C)Cc1cccc(C#N)c1. The lowest BCUT2D eigenvalue weighted by molar-refractivity contribution is 0.195. The van der Waals surface area contributed by atoms with E-state index in [1.54, 1.807) is 13.2 Å². The number of nitrogens with one attached hydrogen (secondary N) is 1. The van der Waals surface area contributed by atoms with E-state index >= 15 is 0 Å². The lowest BCUT2D eigenvalue weighted by atomic mass is 10.1. The van der Waals surface area contributed by atoms with E-state index in [4.69, 9.17) is 22.2 Å². The first-order valence-electron chi connectivity index (χ1n) is 6.14. The minimum absolute atomic E-state index is 0.671. The molecule has 0 aliphatic rings. The first-order chi connectivity index (χ1) is 9.17. The maximum atomic E-state index is 8.86. The standard InChI is InChI=1S/C14H19N3OS/c1-17(14(19)16-7-4-8-18-2)11-13-6-3-5-12(9-13)10-15/h3,5-6,9H,4,7-8,11H2,1-2H3,(H,16,19). The molecule has 0 spiro atoms. The van der Waals surface area contributed by atoms with Gasteiger partial charge in [0.05, 0.1) is 11.6 Å². The summed E-state index contributed by atoms with van der Waals surface area (Å²) in [4.78, 5) is 1.96. The highest BCUT2D eigenvalue weighted by molar-refractivity contribution is 7.80. The van der Waals surface area contributed by atoms with Gasteiger partial charge in [-0.1, -0.05) is 12.1 Å². The molecule has 5 heteroatoms. The molecule has 1 aromatic rings. The number of methoxy groups -OCH3 is 1. The first kappa shape index (κ1) is 15.4. The van der Waals surface area contributed by atoms with E-state index in [9.17, 15) is 0 Å². The fraction of sp³-hybridized carbons (Fsp3) is 0.429. The quantitative estimate of drug-likeness (QED) is 0.636. The van der Waals surface area contributed by atoms with E-state index in [1.165, 1.54) is 0 Å². The van der Waals surface area contributed by atoms with E-state index in [0.717, 1.165) is 25.1 Å². The molecule has 0 bridgehead atoms. The van der Waals surface area contributed by atoms with Crippen LogP contribution in [0.3, 0.4) is 0 Å². The second kappa shape index (κ2) is 8.46. The molecule has 0 aliphatic heterocycles. The molecule has 0 heterocycles. The molecular formula is C14H19N3OS. The number of rotatable bonds is 6. The Bertz CT molecular complexity index is 456. The van der Waals surface area contributed by atoms with Crippen molar-refractivity contribution in [2.24, 2.45) is 0 Å². The zero-order chi connectivity index (χ0) is 14.1. The summed E-state index contributed by atoms with van der Waals surface area (Å²) in [7, 11) is 3.62. The Morgan fingerprint density at radius 2 is 2.32 bits per heavy atom. The third-order valence-electron chi connectivity index (χ3n) is 2.62. The van der Waals surface area contributed by atoms with Crippen LogP contribution in [0.25, 0.3) is 0 Å². The molecule has 0 amide bonds. The minimum atomic E-state index is 0.671. The molecule has 4 nitrogen and oxygen atoms in total. The fourth-order valence-electron chi connectivity index (χ4n) is 1.63. The molecule has 0 fully saturated rings. The Balaban J connectivity index is 2.43. The summed E-state index contributed by atoms with van der Waals surface area (Å²) in [5, 5.41) is 12.7. The minimum Gasteiger partial charge on any atom is -0.385 e. The van der Waals surface area contributed by atoms with Gasteiger partial charge in [0, 0.05) is 33.9 Å². The number of hydrogen-bond donors (Lipinski definition) is 1. The fourth-order valence-corrected chi connectivity index (χ4v) is 1.80. The zero-order valence-corrected chi connectivity index (χ0v) is 12.2. The summed E-state index contributed by atoms with van der Waals surface area (Å²) in [5.41, 5.74) is 1.74. The lowest BCUT2D eigenvalue weighted by Gasteiger charge is -2.21. The summed E-state index contributed by atoms with van der Waals surface area (Å²) in [6.45, 7) is 2.21.